The van der Waals surface area contributed by atoms with Gasteiger partial charge in [-0.05, 0) is 140 Å². The van der Waals surface area contributed by atoms with Gasteiger partial charge in [-0.1, -0.05) is 52.3 Å². The Labute approximate surface area is 224 Å². The van der Waals surface area contributed by atoms with Gasteiger partial charge in [0.05, 0.1) is 11.7 Å². The van der Waals surface area contributed by atoms with Crippen LogP contribution >= 0.6 is 0 Å². The van der Waals surface area contributed by atoms with Gasteiger partial charge in [-0.3, -0.25) is 0 Å². The number of rotatable bonds is 6. The topological polar surface area (TPSA) is 57.5 Å². The van der Waals surface area contributed by atoms with Gasteiger partial charge in [0.2, 0.25) is 0 Å². The van der Waals surface area contributed by atoms with E-state index in [0.717, 1.165) is 66.3 Å². The van der Waals surface area contributed by atoms with Crippen LogP contribution in [0, 0.1) is 58.2 Å². The van der Waals surface area contributed by atoms with Crippen LogP contribution in [-0.2, 0) is 0 Å². The van der Waals surface area contributed by atoms with Gasteiger partial charge in [0.25, 0.3) is 0 Å². The lowest BCUT2D eigenvalue weighted by molar-refractivity contribution is -0.152. The zero-order chi connectivity index (χ0) is 26.1. The number of aromatic carboxylic acids is 1. The van der Waals surface area contributed by atoms with Gasteiger partial charge in [0.15, 0.2) is 0 Å². The highest BCUT2D eigenvalue weighted by molar-refractivity contribution is 5.89. The first kappa shape index (κ1) is 25.9. The minimum absolute atomic E-state index is 0.0667. The molecule has 1 aromatic rings. The molecule has 0 bridgehead atoms. The molecule has 3 nitrogen and oxygen atoms in total. The Morgan fingerprint density at radius 3 is 2.43 bits per heavy atom. The van der Waals surface area contributed by atoms with Gasteiger partial charge in [0.1, 0.15) is 0 Å². The summed E-state index contributed by atoms with van der Waals surface area (Å²) < 4.78 is 0. The summed E-state index contributed by atoms with van der Waals surface area (Å²) in [5, 5.41) is 20.2. The molecule has 0 aromatic heterocycles. The van der Waals surface area contributed by atoms with Gasteiger partial charge >= 0.3 is 5.97 Å². The summed E-state index contributed by atoms with van der Waals surface area (Å²) in [5.41, 5.74) is 2.49. The van der Waals surface area contributed by atoms with E-state index in [-0.39, 0.29) is 6.10 Å². The quantitative estimate of drug-likeness (QED) is 0.409. The van der Waals surface area contributed by atoms with Gasteiger partial charge in [-0.25, -0.2) is 4.79 Å². The summed E-state index contributed by atoms with van der Waals surface area (Å²) >= 11 is 0. The zero-order valence-corrected chi connectivity index (χ0v) is 23.7. The number of hydrogen-bond acceptors (Lipinski definition) is 2. The number of carboxylic acid groups (broad SMARTS) is 1. The van der Waals surface area contributed by atoms with Crippen LogP contribution in [0.25, 0.3) is 0 Å². The van der Waals surface area contributed by atoms with Crippen LogP contribution in [0.1, 0.15) is 120 Å². The molecule has 0 heterocycles. The number of carbonyl (C=O) groups is 1. The lowest BCUT2D eigenvalue weighted by Gasteiger charge is -2.63. The molecule has 204 valence electrons. The van der Waals surface area contributed by atoms with E-state index < -0.39 is 5.97 Å². The molecule has 0 amide bonds. The van der Waals surface area contributed by atoms with Crippen molar-refractivity contribution in [3.05, 3.63) is 35.4 Å². The van der Waals surface area contributed by atoms with Crippen molar-refractivity contribution in [1.29, 1.82) is 0 Å². The fourth-order valence-electron chi connectivity index (χ4n) is 11.5. The fraction of sp³-hybridized carbons (Fsp3) is 0.794. The minimum Gasteiger partial charge on any atom is -0.478 e. The van der Waals surface area contributed by atoms with Crippen molar-refractivity contribution >= 4 is 5.97 Å². The predicted molar refractivity (Wildman–Crippen MR) is 148 cm³/mol. The van der Waals surface area contributed by atoms with Crippen molar-refractivity contribution in [2.24, 2.45) is 58.2 Å². The van der Waals surface area contributed by atoms with E-state index in [9.17, 15) is 15.0 Å². The highest BCUT2D eigenvalue weighted by Crippen LogP contribution is 2.70. The van der Waals surface area contributed by atoms with Crippen LogP contribution in [0.5, 0.6) is 0 Å². The predicted octanol–water partition coefficient (Wildman–Crippen LogP) is 8.17. The maximum Gasteiger partial charge on any atom is 0.335 e. The Bertz CT molecular complexity index is 1020. The number of aliphatic hydroxyl groups excluding tert-OH is 1. The van der Waals surface area contributed by atoms with Gasteiger partial charge < -0.3 is 10.2 Å². The third-order valence-corrected chi connectivity index (χ3v) is 13.3. The molecule has 3 heteroatoms. The molecule has 5 fully saturated rings. The highest BCUT2D eigenvalue weighted by Gasteiger charge is 2.62. The number of hydrogen-bond donors (Lipinski definition) is 2. The first-order valence-electron chi connectivity index (χ1n) is 15.7. The highest BCUT2D eigenvalue weighted by atomic mass is 16.4. The summed E-state index contributed by atoms with van der Waals surface area (Å²) in [6.45, 7) is 10.2. The molecule has 0 radical (unpaired) electrons. The summed E-state index contributed by atoms with van der Waals surface area (Å²) in [7, 11) is 0. The number of fused-ring (bicyclic) bond motifs is 5. The average molecular weight is 507 g/mol. The molecule has 5 aliphatic rings. The van der Waals surface area contributed by atoms with Crippen molar-refractivity contribution in [3.63, 3.8) is 0 Å². The number of aliphatic hydroxyl groups is 1. The molecular formula is C34H50O3. The average Bonchev–Trinajstić information content (AvgIpc) is 3.54. The summed E-state index contributed by atoms with van der Waals surface area (Å²) in [5.74, 6) is 5.99. The molecule has 5 saturated carbocycles. The van der Waals surface area contributed by atoms with E-state index in [1.807, 2.05) is 12.1 Å². The van der Waals surface area contributed by atoms with E-state index in [1.54, 1.807) is 6.07 Å². The van der Waals surface area contributed by atoms with Crippen molar-refractivity contribution in [2.75, 3.05) is 0 Å². The van der Waals surface area contributed by atoms with Gasteiger partial charge in [-0.15, -0.1) is 0 Å². The van der Waals surface area contributed by atoms with Crippen LogP contribution < -0.4 is 0 Å². The molecule has 1 aromatic carbocycles. The summed E-state index contributed by atoms with van der Waals surface area (Å²) in [6.07, 6.45) is 14.0. The van der Waals surface area contributed by atoms with Crippen molar-refractivity contribution < 1.29 is 15.0 Å². The van der Waals surface area contributed by atoms with Crippen LogP contribution in [-0.4, -0.2) is 22.3 Å². The Morgan fingerprint density at radius 2 is 1.68 bits per heavy atom. The third kappa shape index (κ3) is 4.12. The Balaban J connectivity index is 1.17. The van der Waals surface area contributed by atoms with Crippen LogP contribution in [0.15, 0.2) is 24.3 Å². The first-order valence-corrected chi connectivity index (χ1v) is 15.7. The zero-order valence-electron chi connectivity index (χ0n) is 23.7. The van der Waals surface area contributed by atoms with Gasteiger partial charge in [0, 0.05) is 0 Å². The minimum atomic E-state index is -0.779. The van der Waals surface area contributed by atoms with Crippen molar-refractivity contribution in [1.82, 2.24) is 0 Å². The second-order valence-corrected chi connectivity index (χ2v) is 14.8. The van der Waals surface area contributed by atoms with E-state index >= 15 is 0 Å². The fourth-order valence-corrected chi connectivity index (χ4v) is 11.5. The normalized spacial score (nSPS) is 47.4. The summed E-state index contributed by atoms with van der Waals surface area (Å²) in [4.78, 5) is 11.8. The first-order chi connectivity index (χ1) is 17.7. The Kier molecular flexibility index (Phi) is 6.57. The lowest BCUT2D eigenvalue weighted by Crippen LogP contribution is -2.56. The molecule has 37 heavy (non-hydrogen) atoms. The standard InChI is InChI=1S/C34H50O3/c1-5-21-17-27-29-11-10-28(20(2)16-22-18-26(22)24-8-6-7-9-25(24)32(36)37)33(29,3)15-13-30(27)34(4)14-12-23(35)19-31(21)34/h6-9,20-23,26-31,35H,5,10-19H2,1-4H3,(H,36,37)/t20-,21+,22?,23-,26?,27+,28-,29+,30+,31+,33-,34-/m1/s1. The summed E-state index contributed by atoms with van der Waals surface area (Å²) in [6, 6.07) is 7.70. The molecule has 2 unspecified atom stereocenters. The van der Waals surface area contributed by atoms with Crippen LogP contribution in [0.3, 0.4) is 0 Å². The maximum atomic E-state index is 11.8. The Morgan fingerprint density at radius 1 is 0.946 bits per heavy atom. The molecule has 0 aliphatic heterocycles. The number of carboxylic acids is 1. The second-order valence-electron chi connectivity index (χ2n) is 14.8. The molecule has 5 aliphatic carbocycles. The molecule has 0 spiro atoms. The SMILES string of the molecule is CC[C@H]1C[C@@H]2[C@H](CC[C@]3(C)[C@@H]([C@H](C)CC4CC4c4ccccc4C(=O)O)CC[C@@H]23)[C@@]2(C)CC[C@@H](O)C[C@@H]12. The van der Waals surface area contributed by atoms with E-state index in [2.05, 4.69) is 33.8 Å². The second kappa shape index (κ2) is 9.39. The van der Waals surface area contributed by atoms with Gasteiger partial charge in [-0.2, -0.15) is 0 Å². The van der Waals surface area contributed by atoms with E-state index in [1.165, 1.54) is 51.4 Å². The smallest absolute Gasteiger partial charge is 0.335 e. The Hall–Kier alpha value is -1.35. The maximum absolute atomic E-state index is 11.8. The third-order valence-electron chi connectivity index (χ3n) is 13.3. The molecular weight excluding hydrogens is 456 g/mol. The molecule has 6 rings (SSSR count). The number of benzene rings is 1. The van der Waals surface area contributed by atoms with Crippen molar-refractivity contribution in [3.8, 4) is 0 Å². The molecule has 2 N–H and O–H groups in total. The largest absolute Gasteiger partial charge is 0.478 e. The van der Waals surface area contributed by atoms with E-state index in [0.29, 0.717) is 28.2 Å². The van der Waals surface area contributed by atoms with Crippen LogP contribution in [0.2, 0.25) is 0 Å². The monoisotopic (exact) mass is 506 g/mol. The molecule has 12 atom stereocenters. The van der Waals surface area contributed by atoms with E-state index in [4.69, 9.17) is 0 Å². The molecule has 0 saturated heterocycles. The lowest BCUT2D eigenvalue weighted by atomic mass is 9.42. The van der Waals surface area contributed by atoms with Crippen LogP contribution in [0.4, 0.5) is 0 Å². The van der Waals surface area contributed by atoms with Crippen molar-refractivity contribution in [2.45, 2.75) is 110 Å².